The number of nitrogens with two attached hydrogens (primary N) is 1. The number of carbonyl (C=O) groups is 1. The van der Waals surface area contributed by atoms with E-state index in [4.69, 9.17) is 5.73 Å². The number of halogens is 1. The molecule has 1 heterocycles. The quantitative estimate of drug-likeness (QED) is 0.798. The topological polar surface area (TPSA) is 70.1 Å². The first-order valence-corrected chi connectivity index (χ1v) is 4.81. The molecule has 0 atom stereocenters. The van der Waals surface area contributed by atoms with Gasteiger partial charge in [-0.1, -0.05) is 12.1 Å². The SMILES string of the molecule is COC(=O)c1ncn(-c2ccccc2F)c1N. The van der Waals surface area contributed by atoms with Crippen molar-refractivity contribution >= 4 is 11.8 Å². The van der Waals surface area contributed by atoms with E-state index in [2.05, 4.69) is 9.72 Å². The first kappa shape index (κ1) is 11.1. The van der Waals surface area contributed by atoms with E-state index in [9.17, 15) is 9.18 Å². The summed E-state index contributed by atoms with van der Waals surface area (Å²) < 4.78 is 19.3. The minimum atomic E-state index is -0.655. The Morgan fingerprint density at radius 3 is 2.82 bits per heavy atom. The van der Waals surface area contributed by atoms with Gasteiger partial charge in [-0.15, -0.1) is 0 Å². The van der Waals surface area contributed by atoms with E-state index in [-0.39, 0.29) is 17.2 Å². The Bertz CT molecular complexity index is 566. The molecule has 1 aromatic heterocycles. The summed E-state index contributed by atoms with van der Waals surface area (Å²) in [6, 6.07) is 6.06. The number of carbonyl (C=O) groups excluding carboxylic acids is 1. The van der Waals surface area contributed by atoms with Gasteiger partial charge in [-0.2, -0.15) is 0 Å². The average Bonchev–Trinajstić information content (AvgIpc) is 2.71. The smallest absolute Gasteiger partial charge is 0.360 e. The minimum absolute atomic E-state index is 0.0317. The van der Waals surface area contributed by atoms with Crippen molar-refractivity contribution in [2.45, 2.75) is 0 Å². The molecular weight excluding hydrogens is 225 g/mol. The van der Waals surface area contributed by atoms with Crippen molar-refractivity contribution < 1.29 is 13.9 Å². The summed E-state index contributed by atoms with van der Waals surface area (Å²) in [5.41, 5.74) is 5.91. The number of rotatable bonds is 2. The molecule has 88 valence electrons. The number of hydrogen-bond acceptors (Lipinski definition) is 4. The minimum Gasteiger partial charge on any atom is -0.464 e. The number of anilines is 1. The summed E-state index contributed by atoms with van der Waals surface area (Å²) in [7, 11) is 1.23. The maximum Gasteiger partial charge on any atom is 0.360 e. The van der Waals surface area contributed by atoms with Gasteiger partial charge >= 0.3 is 5.97 Å². The molecule has 0 spiro atoms. The lowest BCUT2D eigenvalue weighted by atomic mass is 10.3. The summed E-state index contributed by atoms with van der Waals surface area (Å²) in [5, 5.41) is 0. The van der Waals surface area contributed by atoms with Gasteiger partial charge in [0.25, 0.3) is 0 Å². The molecule has 5 nitrogen and oxygen atoms in total. The number of esters is 1. The molecule has 0 saturated heterocycles. The molecule has 0 amide bonds. The zero-order valence-corrected chi connectivity index (χ0v) is 9.05. The van der Waals surface area contributed by atoms with Crippen molar-refractivity contribution in [1.82, 2.24) is 9.55 Å². The number of aromatic nitrogens is 2. The molecule has 2 N–H and O–H groups in total. The highest BCUT2D eigenvalue weighted by Crippen LogP contribution is 2.19. The first-order valence-electron chi connectivity index (χ1n) is 4.81. The van der Waals surface area contributed by atoms with Crippen LogP contribution in [0.15, 0.2) is 30.6 Å². The van der Waals surface area contributed by atoms with Gasteiger partial charge in [-0.25, -0.2) is 14.2 Å². The van der Waals surface area contributed by atoms with E-state index in [1.165, 1.54) is 30.1 Å². The van der Waals surface area contributed by atoms with Crippen molar-refractivity contribution in [3.63, 3.8) is 0 Å². The van der Waals surface area contributed by atoms with Crippen LogP contribution >= 0.6 is 0 Å². The molecule has 2 aromatic rings. The Morgan fingerprint density at radius 2 is 2.18 bits per heavy atom. The molecule has 0 aliphatic heterocycles. The highest BCUT2D eigenvalue weighted by atomic mass is 19.1. The molecule has 2 rings (SSSR count). The van der Waals surface area contributed by atoms with Crippen LogP contribution in [0, 0.1) is 5.82 Å². The number of ether oxygens (including phenoxy) is 1. The summed E-state index contributed by atoms with van der Waals surface area (Å²) >= 11 is 0. The lowest BCUT2D eigenvalue weighted by Crippen LogP contribution is -2.08. The summed E-state index contributed by atoms with van der Waals surface area (Å²) in [5.74, 6) is -1.06. The van der Waals surface area contributed by atoms with Crippen molar-refractivity contribution in [3.05, 3.63) is 42.1 Å². The molecule has 0 fully saturated rings. The molecule has 0 aliphatic rings. The second-order valence-corrected chi connectivity index (χ2v) is 3.29. The summed E-state index contributed by atoms with van der Waals surface area (Å²) in [6.45, 7) is 0. The van der Waals surface area contributed by atoms with Crippen LogP contribution in [0.25, 0.3) is 5.69 Å². The lowest BCUT2D eigenvalue weighted by Gasteiger charge is -2.06. The van der Waals surface area contributed by atoms with Crippen molar-refractivity contribution in [1.29, 1.82) is 0 Å². The number of benzene rings is 1. The van der Waals surface area contributed by atoms with Crippen molar-refractivity contribution in [3.8, 4) is 5.69 Å². The zero-order valence-electron chi connectivity index (χ0n) is 9.05. The van der Waals surface area contributed by atoms with Crippen molar-refractivity contribution in [2.24, 2.45) is 0 Å². The number of methoxy groups -OCH3 is 1. The molecular formula is C11H10FN3O2. The standard InChI is InChI=1S/C11H10FN3O2/c1-17-11(16)9-10(13)15(6-14-9)8-5-3-2-4-7(8)12/h2-6H,13H2,1H3. The van der Waals surface area contributed by atoms with Crippen molar-refractivity contribution in [2.75, 3.05) is 12.8 Å². The van der Waals surface area contributed by atoms with Gasteiger partial charge in [-0.05, 0) is 12.1 Å². The predicted molar refractivity (Wildman–Crippen MR) is 59.3 cm³/mol. The molecule has 0 radical (unpaired) electrons. The third-order valence-electron chi connectivity index (χ3n) is 2.30. The van der Waals surface area contributed by atoms with Crippen LogP contribution in [-0.2, 0) is 4.74 Å². The molecule has 6 heteroatoms. The number of hydrogen-bond donors (Lipinski definition) is 1. The van der Waals surface area contributed by atoms with E-state index in [0.29, 0.717) is 0 Å². The van der Waals surface area contributed by atoms with Crippen LogP contribution in [0.2, 0.25) is 0 Å². The molecule has 17 heavy (non-hydrogen) atoms. The molecule has 0 saturated carbocycles. The highest BCUT2D eigenvalue weighted by Gasteiger charge is 2.18. The van der Waals surface area contributed by atoms with Gasteiger partial charge in [0.2, 0.25) is 0 Å². The number of nitrogens with zero attached hydrogens (tertiary/aromatic N) is 2. The largest absolute Gasteiger partial charge is 0.464 e. The average molecular weight is 235 g/mol. The van der Waals surface area contributed by atoms with Gasteiger partial charge in [0.05, 0.1) is 12.8 Å². The van der Waals surface area contributed by atoms with Crippen LogP contribution in [0.3, 0.4) is 0 Å². The lowest BCUT2D eigenvalue weighted by molar-refractivity contribution is 0.0596. The van der Waals surface area contributed by atoms with E-state index in [1.807, 2.05) is 0 Å². The third-order valence-corrected chi connectivity index (χ3v) is 2.30. The van der Waals surface area contributed by atoms with E-state index >= 15 is 0 Å². The van der Waals surface area contributed by atoms with Gasteiger partial charge in [0, 0.05) is 0 Å². The maximum atomic E-state index is 13.5. The van der Waals surface area contributed by atoms with Crippen LogP contribution in [0.1, 0.15) is 10.5 Å². The second-order valence-electron chi connectivity index (χ2n) is 3.29. The van der Waals surface area contributed by atoms with Crippen LogP contribution in [-0.4, -0.2) is 22.6 Å². The van der Waals surface area contributed by atoms with Gasteiger partial charge in [-0.3, -0.25) is 4.57 Å². The molecule has 0 unspecified atom stereocenters. The Morgan fingerprint density at radius 1 is 1.47 bits per heavy atom. The fraction of sp³-hybridized carbons (Fsp3) is 0.0909. The van der Waals surface area contributed by atoms with E-state index < -0.39 is 11.8 Å². The Balaban J connectivity index is 2.52. The van der Waals surface area contributed by atoms with Gasteiger partial charge in [0.15, 0.2) is 5.69 Å². The van der Waals surface area contributed by atoms with Crippen LogP contribution in [0.4, 0.5) is 10.2 Å². The zero-order chi connectivity index (χ0) is 12.4. The fourth-order valence-corrected chi connectivity index (χ4v) is 1.45. The first-order chi connectivity index (χ1) is 8.15. The number of nitrogen functional groups attached to an aromatic ring is 1. The normalized spacial score (nSPS) is 10.2. The molecule has 0 aliphatic carbocycles. The monoisotopic (exact) mass is 235 g/mol. The Hall–Kier alpha value is -2.37. The molecule has 1 aromatic carbocycles. The van der Waals surface area contributed by atoms with Crippen LogP contribution < -0.4 is 5.73 Å². The van der Waals surface area contributed by atoms with E-state index in [0.717, 1.165) is 0 Å². The summed E-state index contributed by atoms with van der Waals surface area (Å²) in [6.07, 6.45) is 1.28. The number of imidazole rings is 1. The Kier molecular flexibility index (Phi) is 2.78. The van der Waals surface area contributed by atoms with Crippen LogP contribution in [0.5, 0.6) is 0 Å². The maximum absolute atomic E-state index is 13.5. The van der Waals surface area contributed by atoms with Gasteiger partial charge in [0.1, 0.15) is 18.0 Å². The highest BCUT2D eigenvalue weighted by molar-refractivity contribution is 5.92. The molecule has 0 bridgehead atoms. The third kappa shape index (κ3) is 1.84. The fourth-order valence-electron chi connectivity index (χ4n) is 1.45. The predicted octanol–water partition coefficient (Wildman–Crippen LogP) is 1.38. The van der Waals surface area contributed by atoms with E-state index in [1.54, 1.807) is 12.1 Å². The van der Waals surface area contributed by atoms with Gasteiger partial charge < -0.3 is 10.5 Å². The number of para-hydroxylation sites is 1. The second kappa shape index (κ2) is 4.25. The summed E-state index contributed by atoms with van der Waals surface area (Å²) in [4.78, 5) is 15.1. The Labute approximate surface area is 96.6 Å².